The number of carbonyl (C=O) groups is 1. The SMILES string of the molecule is O=C(Oc1ccccc1)C1COCCN1. The Labute approximate surface area is 88.2 Å². The topological polar surface area (TPSA) is 47.6 Å². The van der Waals surface area contributed by atoms with Gasteiger partial charge in [-0.1, -0.05) is 18.2 Å². The summed E-state index contributed by atoms with van der Waals surface area (Å²) in [5.41, 5.74) is 0. The first-order chi connectivity index (χ1) is 7.36. The molecule has 1 aliphatic heterocycles. The number of rotatable bonds is 2. The number of morpholine rings is 1. The maximum absolute atomic E-state index is 11.6. The molecule has 1 aromatic carbocycles. The quantitative estimate of drug-likeness (QED) is 0.569. The zero-order valence-corrected chi connectivity index (χ0v) is 8.31. The highest BCUT2D eigenvalue weighted by molar-refractivity contribution is 5.78. The molecule has 1 atom stereocenters. The maximum Gasteiger partial charge on any atom is 0.330 e. The second-order valence-corrected chi connectivity index (χ2v) is 3.32. The summed E-state index contributed by atoms with van der Waals surface area (Å²) in [5, 5.41) is 3.04. The number of carbonyl (C=O) groups excluding carboxylic acids is 1. The Morgan fingerprint density at radius 3 is 2.87 bits per heavy atom. The summed E-state index contributed by atoms with van der Waals surface area (Å²) in [6.07, 6.45) is 0. The van der Waals surface area contributed by atoms with Gasteiger partial charge in [0, 0.05) is 6.54 Å². The van der Waals surface area contributed by atoms with Gasteiger partial charge in [-0.3, -0.25) is 0 Å². The molecule has 80 valence electrons. The van der Waals surface area contributed by atoms with Gasteiger partial charge in [-0.05, 0) is 12.1 Å². The van der Waals surface area contributed by atoms with Crippen LogP contribution in [0.1, 0.15) is 0 Å². The van der Waals surface area contributed by atoms with E-state index in [1.165, 1.54) is 0 Å². The minimum atomic E-state index is -0.348. The lowest BCUT2D eigenvalue weighted by atomic mass is 10.3. The molecule has 0 saturated carbocycles. The number of hydrogen-bond donors (Lipinski definition) is 1. The lowest BCUT2D eigenvalue weighted by molar-refractivity contribution is -0.139. The van der Waals surface area contributed by atoms with E-state index in [4.69, 9.17) is 9.47 Å². The zero-order chi connectivity index (χ0) is 10.5. The first-order valence-corrected chi connectivity index (χ1v) is 4.94. The molecule has 4 heteroatoms. The van der Waals surface area contributed by atoms with Gasteiger partial charge in [-0.15, -0.1) is 0 Å². The summed E-state index contributed by atoms with van der Waals surface area (Å²) in [4.78, 5) is 11.6. The molecule has 0 spiro atoms. The summed E-state index contributed by atoms with van der Waals surface area (Å²) in [5.74, 6) is 0.274. The minimum absolute atomic E-state index is 0.291. The predicted molar refractivity (Wildman–Crippen MR) is 54.7 cm³/mol. The molecular weight excluding hydrogens is 194 g/mol. The normalized spacial score (nSPS) is 20.9. The third-order valence-corrected chi connectivity index (χ3v) is 2.17. The molecule has 15 heavy (non-hydrogen) atoms. The fraction of sp³-hybridized carbons (Fsp3) is 0.364. The molecule has 1 aromatic rings. The highest BCUT2D eigenvalue weighted by atomic mass is 16.5. The molecule has 1 N–H and O–H groups in total. The van der Waals surface area contributed by atoms with Gasteiger partial charge in [-0.2, -0.15) is 0 Å². The van der Waals surface area contributed by atoms with Crippen LogP contribution in [-0.2, 0) is 9.53 Å². The van der Waals surface area contributed by atoms with Crippen molar-refractivity contribution in [3.05, 3.63) is 30.3 Å². The van der Waals surface area contributed by atoms with E-state index < -0.39 is 0 Å². The van der Waals surface area contributed by atoms with E-state index in [2.05, 4.69) is 5.32 Å². The van der Waals surface area contributed by atoms with Crippen LogP contribution in [0.15, 0.2) is 30.3 Å². The number of para-hydroxylation sites is 1. The van der Waals surface area contributed by atoms with Crippen molar-refractivity contribution in [3.63, 3.8) is 0 Å². The largest absolute Gasteiger partial charge is 0.425 e. The van der Waals surface area contributed by atoms with Gasteiger partial charge in [0.05, 0.1) is 13.2 Å². The minimum Gasteiger partial charge on any atom is -0.425 e. The molecule has 1 heterocycles. The van der Waals surface area contributed by atoms with Crippen LogP contribution in [0, 0.1) is 0 Å². The second kappa shape index (κ2) is 4.91. The van der Waals surface area contributed by atoms with Crippen LogP contribution in [0.5, 0.6) is 5.75 Å². The summed E-state index contributed by atoms with van der Waals surface area (Å²) in [7, 11) is 0. The Bertz CT molecular complexity index is 320. The molecule has 0 bridgehead atoms. The second-order valence-electron chi connectivity index (χ2n) is 3.32. The molecule has 0 amide bonds. The van der Waals surface area contributed by atoms with Crippen LogP contribution in [0.2, 0.25) is 0 Å². The molecule has 2 rings (SSSR count). The fourth-order valence-corrected chi connectivity index (χ4v) is 1.39. The highest BCUT2D eigenvalue weighted by Crippen LogP contribution is 2.09. The van der Waals surface area contributed by atoms with Crippen LogP contribution in [0.25, 0.3) is 0 Å². The molecule has 1 saturated heterocycles. The van der Waals surface area contributed by atoms with Gasteiger partial charge in [0.25, 0.3) is 0 Å². The predicted octanol–water partition coefficient (Wildman–Crippen LogP) is 0.580. The van der Waals surface area contributed by atoms with Gasteiger partial charge >= 0.3 is 5.97 Å². The van der Waals surface area contributed by atoms with Crippen molar-refractivity contribution in [2.45, 2.75) is 6.04 Å². The Balaban J connectivity index is 1.91. The Morgan fingerprint density at radius 2 is 2.20 bits per heavy atom. The smallest absolute Gasteiger partial charge is 0.330 e. The summed E-state index contributed by atoms with van der Waals surface area (Å²) < 4.78 is 10.3. The van der Waals surface area contributed by atoms with E-state index in [1.807, 2.05) is 18.2 Å². The standard InChI is InChI=1S/C11H13NO3/c13-11(10-8-14-7-6-12-10)15-9-4-2-1-3-5-9/h1-5,10,12H,6-8H2. The van der Waals surface area contributed by atoms with Gasteiger partial charge in [-0.25, -0.2) is 4.79 Å². The first kappa shape index (κ1) is 10.1. The lowest BCUT2D eigenvalue weighted by Crippen LogP contribution is -2.48. The monoisotopic (exact) mass is 207 g/mol. The van der Waals surface area contributed by atoms with Crippen molar-refractivity contribution in [1.29, 1.82) is 0 Å². The highest BCUT2D eigenvalue weighted by Gasteiger charge is 2.22. The van der Waals surface area contributed by atoms with Crippen molar-refractivity contribution in [2.24, 2.45) is 0 Å². The van der Waals surface area contributed by atoms with Crippen LogP contribution < -0.4 is 10.1 Å². The number of nitrogens with one attached hydrogen (secondary N) is 1. The van der Waals surface area contributed by atoms with Crippen molar-refractivity contribution in [1.82, 2.24) is 5.32 Å². The van der Waals surface area contributed by atoms with E-state index in [9.17, 15) is 4.79 Å². The summed E-state index contributed by atoms with van der Waals surface area (Å²) >= 11 is 0. The fourth-order valence-electron chi connectivity index (χ4n) is 1.39. The zero-order valence-electron chi connectivity index (χ0n) is 8.31. The van der Waals surface area contributed by atoms with E-state index in [0.717, 1.165) is 0 Å². The molecule has 0 radical (unpaired) electrons. The Hall–Kier alpha value is -1.39. The van der Waals surface area contributed by atoms with Crippen molar-refractivity contribution in [2.75, 3.05) is 19.8 Å². The number of hydrogen-bond acceptors (Lipinski definition) is 4. The Kier molecular flexibility index (Phi) is 3.32. The van der Waals surface area contributed by atoms with Crippen LogP contribution in [-0.4, -0.2) is 31.8 Å². The van der Waals surface area contributed by atoms with Gasteiger partial charge < -0.3 is 14.8 Å². The van der Waals surface area contributed by atoms with E-state index in [-0.39, 0.29) is 12.0 Å². The third-order valence-electron chi connectivity index (χ3n) is 2.17. The van der Waals surface area contributed by atoms with Crippen molar-refractivity contribution >= 4 is 5.97 Å². The first-order valence-electron chi connectivity index (χ1n) is 4.94. The van der Waals surface area contributed by atoms with E-state index in [1.54, 1.807) is 12.1 Å². The van der Waals surface area contributed by atoms with E-state index in [0.29, 0.717) is 25.5 Å². The van der Waals surface area contributed by atoms with Gasteiger partial charge in [0.1, 0.15) is 11.8 Å². The average molecular weight is 207 g/mol. The molecule has 1 unspecified atom stereocenters. The van der Waals surface area contributed by atoms with Crippen LogP contribution in [0.3, 0.4) is 0 Å². The van der Waals surface area contributed by atoms with Crippen LogP contribution >= 0.6 is 0 Å². The summed E-state index contributed by atoms with van der Waals surface area (Å²) in [6.45, 7) is 1.72. The molecule has 4 nitrogen and oxygen atoms in total. The number of ether oxygens (including phenoxy) is 2. The van der Waals surface area contributed by atoms with E-state index >= 15 is 0 Å². The van der Waals surface area contributed by atoms with Gasteiger partial charge in [0.15, 0.2) is 0 Å². The molecular formula is C11H13NO3. The molecule has 0 aromatic heterocycles. The van der Waals surface area contributed by atoms with Crippen LogP contribution in [0.4, 0.5) is 0 Å². The molecule has 0 aliphatic carbocycles. The Morgan fingerprint density at radius 1 is 1.40 bits per heavy atom. The summed E-state index contributed by atoms with van der Waals surface area (Å²) in [6, 6.07) is 8.68. The van der Waals surface area contributed by atoms with Gasteiger partial charge in [0.2, 0.25) is 0 Å². The maximum atomic E-state index is 11.6. The van der Waals surface area contributed by atoms with Crippen molar-refractivity contribution in [3.8, 4) is 5.75 Å². The lowest BCUT2D eigenvalue weighted by Gasteiger charge is -2.21. The number of esters is 1. The average Bonchev–Trinajstić information content (AvgIpc) is 2.31. The molecule has 1 aliphatic rings. The molecule has 1 fully saturated rings. The van der Waals surface area contributed by atoms with Crippen molar-refractivity contribution < 1.29 is 14.3 Å². The third kappa shape index (κ3) is 2.78. The number of benzene rings is 1.